The molecule has 2 fully saturated rings. The molecule has 2 aliphatic rings. The molecule has 13 nitrogen and oxygen atoms in total. The van der Waals surface area contributed by atoms with Gasteiger partial charge in [-0.25, -0.2) is 4.79 Å². The molecule has 5 heterocycles. The SMILES string of the molecule is Cn1c(=O)n(C2CCC(=O)NC2=O)c2cccc(CCCCCCCN3CCCC(n4cc(-c5cc(-c6ccccc6O)nnc5N)cn4)C3)c21. The number of phenols is 1. The van der Waals surface area contributed by atoms with E-state index in [0.717, 1.165) is 98.7 Å². The first kappa shape index (κ1) is 34.2. The number of nitrogens with zero attached hydrogens (tertiary/aromatic N) is 7. The third-order valence-electron chi connectivity index (χ3n) is 10.4. The number of imidazole rings is 1. The van der Waals surface area contributed by atoms with E-state index in [1.54, 1.807) is 34.4 Å². The summed E-state index contributed by atoms with van der Waals surface area (Å²) in [6.07, 6.45) is 13.1. The van der Waals surface area contributed by atoms with E-state index in [1.165, 1.54) is 0 Å². The van der Waals surface area contributed by atoms with Crippen molar-refractivity contribution in [2.24, 2.45) is 7.05 Å². The first-order valence-corrected chi connectivity index (χ1v) is 18.0. The van der Waals surface area contributed by atoms with E-state index in [-0.39, 0.29) is 29.8 Å². The van der Waals surface area contributed by atoms with Gasteiger partial charge in [-0.05, 0) is 81.4 Å². The number of fused-ring (bicyclic) bond motifs is 1. The van der Waals surface area contributed by atoms with E-state index in [1.807, 2.05) is 36.7 Å². The molecule has 2 aliphatic heterocycles. The molecule has 0 aliphatic carbocycles. The number of para-hydroxylation sites is 2. The number of phenolic OH excluding ortho intramolecular Hbond substituents is 1. The smallest absolute Gasteiger partial charge is 0.329 e. The van der Waals surface area contributed by atoms with E-state index in [0.29, 0.717) is 23.5 Å². The first-order chi connectivity index (χ1) is 24.8. The maximum absolute atomic E-state index is 13.2. The van der Waals surface area contributed by atoms with Gasteiger partial charge in [-0.2, -0.15) is 5.10 Å². The Balaban J connectivity index is 0.888. The highest BCUT2D eigenvalue weighted by Gasteiger charge is 2.31. The number of likely N-dealkylation sites (tertiary alicyclic amines) is 1. The fraction of sp³-hybridized carbons (Fsp3) is 0.421. The molecule has 13 heteroatoms. The minimum absolute atomic E-state index is 0.143. The number of carbonyl (C=O) groups excluding carboxylic acids is 2. The summed E-state index contributed by atoms with van der Waals surface area (Å²) in [6, 6.07) is 14.4. The number of aromatic hydroxyl groups is 1. The maximum Gasteiger partial charge on any atom is 0.329 e. The Bertz CT molecular complexity index is 2120. The quantitative estimate of drug-likeness (QED) is 0.124. The second-order valence-corrected chi connectivity index (χ2v) is 13.8. The van der Waals surface area contributed by atoms with Crippen LogP contribution in [0.2, 0.25) is 0 Å². The van der Waals surface area contributed by atoms with Crippen molar-refractivity contribution in [3.63, 3.8) is 0 Å². The highest BCUT2D eigenvalue weighted by Crippen LogP contribution is 2.33. The number of hydrogen-bond acceptors (Lipinski definition) is 9. The number of anilines is 1. The van der Waals surface area contributed by atoms with E-state index in [4.69, 9.17) is 10.8 Å². The van der Waals surface area contributed by atoms with Crippen LogP contribution in [-0.4, -0.2) is 70.6 Å². The Kier molecular flexibility index (Phi) is 9.98. The molecule has 2 aromatic carbocycles. The fourth-order valence-electron chi connectivity index (χ4n) is 7.71. The first-order valence-electron chi connectivity index (χ1n) is 18.0. The molecule has 266 valence electrons. The van der Waals surface area contributed by atoms with Gasteiger partial charge in [-0.1, -0.05) is 43.5 Å². The number of piperidine rings is 2. The zero-order valence-corrected chi connectivity index (χ0v) is 29.0. The molecule has 0 spiro atoms. The lowest BCUT2D eigenvalue weighted by Crippen LogP contribution is -2.44. The number of amides is 2. The topological polar surface area (TPSA) is 166 Å². The lowest BCUT2D eigenvalue weighted by atomic mass is 10.0. The van der Waals surface area contributed by atoms with Gasteiger partial charge in [0, 0.05) is 42.9 Å². The van der Waals surface area contributed by atoms with Crippen LogP contribution in [0.25, 0.3) is 33.4 Å². The van der Waals surface area contributed by atoms with Gasteiger partial charge in [0.25, 0.3) is 0 Å². The number of unbranched alkanes of at least 4 members (excludes halogenated alkanes) is 4. The van der Waals surface area contributed by atoms with Crippen LogP contribution >= 0.6 is 0 Å². The summed E-state index contributed by atoms with van der Waals surface area (Å²) >= 11 is 0. The number of rotatable bonds is 12. The van der Waals surface area contributed by atoms with Crippen molar-refractivity contribution in [1.82, 2.24) is 39.3 Å². The van der Waals surface area contributed by atoms with Crippen molar-refractivity contribution in [1.29, 1.82) is 0 Å². The summed E-state index contributed by atoms with van der Waals surface area (Å²) in [4.78, 5) is 40.0. The van der Waals surface area contributed by atoms with Crippen molar-refractivity contribution >= 4 is 28.7 Å². The molecule has 2 saturated heterocycles. The van der Waals surface area contributed by atoms with Crippen LogP contribution in [0.5, 0.6) is 5.75 Å². The summed E-state index contributed by atoms with van der Waals surface area (Å²) in [5, 5.41) is 25.8. The molecule has 5 aromatic rings. The number of aryl methyl sites for hydroxylation is 2. The minimum atomic E-state index is -0.670. The van der Waals surface area contributed by atoms with Crippen LogP contribution in [0, 0.1) is 0 Å². The number of benzene rings is 2. The predicted molar refractivity (Wildman–Crippen MR) is 195 cm³/mol. The van der Waals surface area contributed by atoms with Gasteiger partial charge in [0.05, 0.1) is 29.0 Å². The summed E-state index contributed by atoms with van der Waals surface area (Å²) in [5.41, 5.74) is 11.5. The number of aromatic nitrogens is 6. The van der Waals surface area contributed by atoms with Gasteiger partial charge in [0.2, 0.25) is 11.8 Å². The van der Waals surface area contributed by atoms with Crippen molar-refractivity contribution in [3.8, 4) is 28.1 Å². The molecule has 7 rings (SSSR count). The summed E-state index contributed by atoms with van der Waals surface area (Å²) in [6.45, 7) is 3.11. The van der Waals surface area contributed by atoms with Crippen LogP contribution in [0.15, 0.2) is 65.7 Å². The number of imide groups is 1. The number of nitrogen functional groups attached to an aromatic ring is 1. The number of hydrogen-bond donors (Lipinski definition) is 3. The largest absolute Gasteiger partial charge is 0.507 e. The average molecular weight is 692 g/mol. The van der Waals surface area contributed by atoms with E-state index < -0.39 is 11.9 Å². The molecule has 3 aromatic heterocycles. The summed E-state index contributed by atoms with van der Waals surface area (Å²) in [5.74, 6) is -0.233. The van der Waals surface area contributed by atoms with E-state index in [9.17, 15) is 19.5 Å². The van der Waals surface area contributed by atoms with Gasteiger partial charge >= 0.3 is 5.69 Å². The maximum atomic E-state index is 13.2. The standard InChI is InChI=1S/C38H45N9O4/c1-44-35-25(12-9-15-31(35)47(38(44)51)32-17-18-34(49)41-37(32)50)11-5-3-2-4-8-19-45-20-10-13-27(24-45)46-23-26(22-40-46)29-21-30(42-43-36(29)39)28-14-6-7-16-33(28)48/h6-7,9,12,14-16,21-23,27,32,48H,2-5,8,10-11,13,17-20,24H2,1H3,(H2,39,43)(H,41,49,50). The number of nitrogens with two attached hydrogens (primary N) is 1. The Morgan fingerprint density at radius 2 is 1.78 bits per heavy atom. The van der Waals surface area contributed by atoms with Gasteiger partial charge in [0.1, 0.15) is 11.8 Å². The van der Waals surface area contributed by atoms with E-state index in [2.05, 4.69) is 31.2 Å². The predicted octanol–water partition coefficient (Wildman–Crippen LogP) is 4.76. The Morgan fingerprint density at radius 3 is 2.63 bits per heavy atom. The van der Waals surface area contributed by atoms with Crippen LogP contribution in [0.3, 0.4) is 0 Å². The van der Waals surface area contributed by atoms with Crippen molar-refractivity contribution in [2.75, 3.05) is 25.4 Å². The Hall–Kier alpha value is -5.30. The van der Waals surface area contributed by atoms with Crippen LogP contribution in [0.4, 0.5) is 5.82 Å². The monoisotopic (exact) mass is 691 g/mol. The van der Waals surface area contributed by atoms with Crippen molar-refractivity contribution in [2.45, 2.75) is 76.3 Å². The number of carbonyl (C=O) groups is 2. The highest BCUT2D eigenvalue weighted by molar-refractivity contribution is 6.00. The Labute approximate surface area is 296 Å². The summed E-state index contributed by atoms with van der Waals surface area (Å²) < 4.78 is 5.25. The zero-order chi connectivity index (χ0) is 35.5. The average Bonchev–Trinajstić information content (AvgIpc) is 3.72. The van der Waals surface area contributed by atoms with Crippen molar-refractivity contribution in [3.05, 3.63) is 77.0 Å². The number of nitrogens with one attached hydrogen (secondary N) is 1. The zero-order valence-electron chi connectivity index (χ0n) is 29.0. The molecule has 0 radical (unpaired) electrons. The van der Waals surface area contributed by atoms with Crippen LogP contribution < -0.4 is 16.7 Å². The molecule has 51 heavy (non-hydrogen) atoms. The molecule has 2 atom stereocenters. The minimum Gasteiger partial charge on any atom is -0.507 e. The van der Waals surface area contributed by atoms with Gasteiger partial charge in [-0.3, -0.25) is 28.7 Å². The lowest BCUT2D eigenvalue weighted by molar-refractivity contribution is -0.135. The molecular weight excluding hydrogens is 646 g/mol. The molecule has 4 N–H and O–H groups in total. The van der Waals surface area contributed by atoms with Gasteiger partial charge in [-0.15, -0.1) is 10.2 Å². The second kappa shape index (κ2) is 14.9. The normalized spacial score (nSPS) is 18.4. The summed E-state index contributed by atoms with van der Waals surface area (Å²) in [7, 11) is 1.76. The molecular formula is C38H45N9O4. The molecule has 0 saturated carbocycles. The highest BCUT2D eigenvalue weighted by atomic mass is 16.3. The fourth-order valence-corrected chi connectivity index (χ4v) is 7.71. The van der Waals surface area contributed by atoms with Crippen molar-refractivity contribution < 1.29 is 14.7 Å². The second-order valence-electron chi connectivity index (χ2n) is 13.8. The third-order valence-corrected chi connectivity index (χ3v) is 10.4. The van der Waals surface area contributed by atoms with Gasteiger partial charge < -0.3 is 15.7 Å². The molecule has 0 bridgehead atoms. The molecule has 2 unspecified atom stereocenters. The Morgan fingerprint density at radius 1 is 0.961 bits per heavy atom. The molecule has 2 amide bonds. The van der Waals surface area contributed by atoms with Gasteiger partial charge in [0.15, 0.2) is 5.82 Å². The van der Waals surface area contributed by atoms with E-state index >= 15 is 0 Å². The van der Waals surface area contributed by atoms with Crippen LogP contribution in [0.1, 0.15) is 75.4 Å². The lowest BCUT2D eigenvalue weighted by Gasteiger charge is -2.32. The van der Waals surface area contributed by atoms with Crippen LogP contribution in [-0.2, 0) is 23.1 Å². The third kappa shape index (κ3) is 7.16.